The number of nitrogens with one attached hydrogen (secondary N) is 2. The lowest BCUT2D eigenvalue weighted by Gasteiger charge is -2.26. The van der Waals surface area contributed by atoms with E-state index >= 15 is 0 Å². The number of carbonyl (C=O) groups excluding carboxylic acids is 1. The second kappa shape index (κ2) is 8.97. The Morgan fingerprint density at radius 2 is 1.92 bits per heavy atom. The normalized spacial score (nSPS) is 15.1. The topological polar surface area (TPSA) is 57.3 Å². The van der Waals surface area contributed by atoms with Gasteiger partial charge in [-0.3, -0.25) is 0 Å². The molecule has 0 atom stereocenters. The molecule has 0 saturated carbocycles. The van der Waals surface area contributed by atoms with E-state index in [0.717, 1.165) is 40.8 Å². The predicted molar refractivity (Wildman–Crippen MR) is 103 cm³/mol. The van der Waals surface area contributed by atoms with E-state index in [9.17, 15) is 4.79 Å². The van der Waals surface area contributed by atoms with Crippen molar-refractivity contribution in [3.8, 4) is 10.6 Å². The molecular formula is C19H26N4OS. The zero-order valence-electron chi connectivity index (χ0n) is 14.8. The summed E-state index contributed by atoms with van der Waals surface area (Å²) < 4.78 is 0. The highest BCUT2D eigenvalue weighted by Crippen LogP contribution is 2.27. The quantitative estimate of drug-likeness (QED) is 0.832. The molecule has 0 unspecified atom stereocenters. The minimum atomic E-state index is -0.105. The van der Waals surface area contributed by atoms with Crippen LogP contribution in [0.1, 0.15) is 29.8 Å². The lowest BCUT2D eigenvalue weighted by Crippen LogP contribution is -2.41. The van der Waals surface area contributed by atoms with Gasteiger partial charge in [0.25, 0.3) is 0 Å². The number of rotatable bonds is 6. The Morgan fingerprint density at radius 1 is 1.16 bits per heavy atom. The van der Waals surface area contributed by atoms with E-state index in [0.29, 0.717) is 13.1 Å². The Morgan fingerprint density at radius 3 is 2.68 bits per heavy atom. The predicted octanol–water partition coefficient (Wildman–Crippen LogP) is 3.40. The molecule has 1 aromatic carbocycles. The van der Waals surface area contributed by atoms with Crippen LogP contribution < -0.4 is 10.6 Å². The molecule has 25 heavy (non-hydrogen) atoms. The van der Waals surface area contributed by atoms with Gasteiger partial charge in [0.1, 0.15) is 5.01 Å². The Balaban J connectivity index is 1.43. The summed E-state index contributed by atoms with van der Waals surface area (Å²) in [6.45, 7) is 6.46. The van der Waals surface area contributed by atoms with Gasteiger partial charge in [-0.15, -0.1) is 11.3 Å². The molecule has 1 aliphatic heterocycles. The van der Waals surface area contributed by atoms with Gasteiger partial charge in [0.15, 0.2) is 0 Å². The molecule has 0 radical (unpaired) electrons. The van der Waals surface area contributed by atoms with Crippen LogP contribution in [0.4, 0.5) is 4.79 Å². The number of amides is 2. The van der Waals surface area contributed by atoms with Gasteiger partial charge in [-0.1, -0.05) is 36.8 Å². The van der Waals surface area contributed by atoms with Crippen molar-refractivity contribution < 1.29 is 4.79 Å². The lowest BCUT2D eigenvalue weighted by molar-refractivity contribution is 0.220. The van der Waals surface area contributed by atoms with Gasteiger partial charge in [-0.2, -0.15) is 0 Å². The van der Waals surface area contributed by atoms with E-state index in [1.807, 2.05) is 25.1 Å². The zero-order valence-corrected chi connectivity index (χ0v) is 15.6. The zero-order chi connectivity index (χ0) is 17.5. The van der Waals surface area contributed by atoms with Crippen molar-refractivity contribution in [1.82, 2.24) is 20.5 Å². The Bertz CT molecular complexity index is 680. The first-order chi connectivity index (χ1) is 12.2. The molecule has 1 saturated heterocycles. The summed E-state index contributed by atoms with van der Waals surface area (Å²) in [6, 6.07) is 10.0. The number of benzene rings is 1. The van der Waals surface area contributed by atoms with Gasteiger partial charge in [-0.25, -0.2) is 9.78 Å². The third-order valence-electron chi connectivity index (χ3n) is 4.49. The molecule has 134 valence electrons. The van der Waals surface area contributed by atoms with E-state index in [-0.39, 0.29) is 6.03 Å². The van der Waals surface area contributed by atoms with Crippen LogP contribution >= 0.6 is 11.3 Å². The average molecular weight is 359 g/mol. The van der Waals surface area contributed by atoms with Crippen molar-refractivity contribution in [2.75, 3.05) is 26.2 Å². The fourth-order valence-corrected chi connectivity index (χ4v) is 4.04. The highest BCUT2D eigenvalue weighted by atomic mass is 32.1. The van der Waals surface area contributed by atoms with E-state index < -0.39 is 0 Å². The molecule has 2 aromatic rings. The van der Waals surface area contributed by atoms with Gasteiger partial charge in [0.2, 0.25) is 0 Å². The molecule has 2 heterocycles. The first-order valence-corrected chi connectivity index (χ1v) is 9.80. The number of hydrogen-bond donors (Lipinski definition) is 2. The summed E-state index contributed by atoms with van der Waals surface area (Å²) in [5.41, 5.74) is 2.10. The second-order valence-corrected chi connectivity index (χ2v) is 7.49. The van der Waals surface area contributed by atoms with Crippen molar-refractivity contribution in [1.29, 1.82) is 0 Å². The van der Waals surface area contributed by atoms with Crippen LogP contribution in [0, 0.1) is 6.92 Å². The molecule has 2 N–H and O–H groups in total. The molecular weight excluding hydrogens is 332 g/mol. The van der Waals surface area contributed by atoms with Crippen molar-refractivity contribution in [3.63, 3.8) is 0 Å². The smallest absolute Gasteiger partial charge is 0.315 e. The van der Waals surface area contributed by atoms with Gasteiger partial charge >= 0.3 is 6.03 Å². The van der Waals surface area contributed by atoms with Crippen LogP contribution in [0.3, 0.4) is 0 Å². The fraction of sp³-hybridized carbons (Fsp3) is 0.474. The molecule has 1 fully saturated rings. The van der Waals surface area contributed by atoms with Crippen molar-refractivity contribution in [2.24, 2.45) is 0 Å². The highest BCUT2D eigenvalue weighted by Gasteiger charge is 2.12. The number of urea groups is 1. The van der Waals surface area contributed by atoms with E-state index in [1.165, 1.54) is 19.3 Å². The summed E-state index contributed by atoms with van der Waals surface area (Å²) in [5, 5.41) is 6.90. The van der Waals surface area contributed by atoms with Crippen molar-refractivity contribution in [3.05, 3.63) is 40.9 Å². The number of thiazole rings is 1. The van der Waals surface area contributed by atoms with Crippen molar-refractivity contribution >= 4 is 17.4 Å². The van der Waals surface area contributed by atoms with E-state index in [2.05, 4.69) is 32.7 Å². The Kier molecular flexibility index (Phi) is 6.42. The molecule has 1 aromatic heterocycles. The number of likely N-dealkylation sites (tertiary alicyclic amines) is 1. The molecule has 2 amide bonds. The van der Waals surface area contributed by atoms with Crippen LogP contribution in [-0.4, -0.2) is 42.1 Å². The third-order valence-corrected chi connectivity index (χ3v) is 5.69. The van der Waals surface area contributed by atoms with Gasteiger partial charge < -0.3 is 15.5 Å². The van der Waals surface area contributed by atoms with Crippen LogP contribution in [0.5, 0.6) is 0 Å². The third kappa shape index (κ3) is 5.28. The number of aryl methyl sites for hydroxylation is 1. The number of carbonyl (C=O) groups is 1. The molecule has 3 rings (SSSR count). The number of piperidine rings is 1. The minimum Gasteiger partial charge on any atom is -0.337 e. The molecule has 6 heteroatoms. The molecule has 0 aliphatic carbocycles. The summed E-state index contributed by atoms with van der Waals surface area (Å²) in [5.74, 6) is 0. The van der Waals surface area contributed by atoms with Crippen LogP contribution in [0.25, 0.3) is 10.6 Å². The van der Waals surface area contributed by atoms with E-state index in [4.69, 9.17) is 0 Å². The Labute approximate surface area is 153 Å². The monoisotopic (exact) mass is 358 g/mol. The molecule has 5 nitrogen and oxygen atoms in total. The maximum absolute atomic E-state index is 12.0. The number of hydrogen-bond acceptors (Lipinski definition) is 4. The summed E-state index contributed by atoms with van der Waals surface area (Å²) >= 11 is 1.64. The van der Waals surface area contributed by atoms with Crippen LogP contribution in [-0.2, 0) is 6.54 Å². The fourth-order valence-electron chi connectivity index (χ4n) is 3.03. The van der Waals surface area contributed by atoms with Gasteiger partial charge in [0.05, 0.1) is 12.2 Å². The lowest BCUT2D eigenvalue weighted by atomic mass is 10.1. The first kappa shape index (κ1) is 17.9. The van der Waals surface area contributed by atoms with Gasteiger partial charge in [-0.05, 0) is 32.9 Å². The molecule has 0 bridgehead atoms. The highest BCUT2D eigenvalue weighted by molar-refractivity contribution is 7.15. The van der Waals surface area contributed by atoms with Crippen LogP contribution in [0.15, 0.2) is 30.3 Å². The summed E-state index contributed by atoms with van der Waals surface area (Å²) in [6.07, 6.45) is 3.89. The second-order valence-electron chi connectivity index (χ2n) is 6.41. The van der Waals surface area contributed by atoms with Gasteiger partial charge in [0, 0.05) is 23.5 Å². The minimum absolute atomic E-state index is 0.105. The number of nitrogens with zero attached hydrogens (tertiary/aromatic N) is 2. The summed E-state index contributed by atoms with van der Waals surface area (Å²) in [7, 11) is 0. The Hall–Kier alpha value is -1.92. The largest absolute Gasteiger partial charge is 0.337 e. The summed E-state index contributed by atoms with van der Waals surface area (Å²) in [4.78, 5) is 20.1. The van der Waals surface area contributed by atoms with Crippen LogP contribution in [0.2, 0.25) is 0 Å². The molecule has 1 aliphatic rings. The van der Waals surface area contributed by atoms with Crippen molar-refractivity contribution in [2.45, 2.75) is 32.7 Å². The number of aromatic nitrogens is 1. The molecule has 0 spiro atoms. The maximum Gasteiger partial charge on any atom is 0.315 e. The first-order valence-electron chi connectivity index (χ1n) is 8.98. The maximum atomic E-state index is 12.0. The van der Waals surface area contributed by atoms with E-state index in [1.54, 1.807) is 11.3 Å². The average Bonchev–Trinajstić information content (AvgIpc) is 3.02. The standard InChI is InChI=1S/C19H26N4OS/c1-15-17(25-18(22-15)16-8-4-2-5-9-16)14-21-19(24)20-10-13-23-11-6-3-7-12-23/h2,4-5,8-9H,3,6-7,10-14H2,1H3,(H2,20,21,24). The SMILES string of the molecule is Cc1nc(-c2ccccc2)sc1CNC(=O)NCCN1CCCCC1.